The molecule has 1 saturated carbocycles. The second-order valence-electron chi connectivity index (χ2n) is 5.33. The maximum Gasteiger partial charge on any atom is 0.236 e. The third kappa shape index (κ3) is 2.56. The molecule has 1 heterocycles. The van der Waals surface area contributed by atoms with Crippen molar-refractivity contribution < 1.29 is 4.79 Å². The van der Waals surface area contributed by atoms with Gasteiger partial charge in [0.25, 0.3) is 0 Å². The minimum absolute atomic E-state index is 0.270. The van der Waals surface area contributed by atoms with Gasteiger partial charge in [-0.05, 0) is 24.8 Å². The van der Waals surface area contributed by atoms with E-state index in [1.54, 1.807) is 0 Å². The summed E-state index contributed by atoms with van der Waals surface area (Å²) in [7, 11) is 0. The zero-order chi connectivity index (χ0) is 12.4. The highest BCUT2D eigenvalue weighted by atomic mass is 16.2. The summed E-state index contributed by atoms with van der Waals surface area (Å²) in [5.41, 5.74) is 1.39. The highest BCUT2D eigenvalue weighted by Gasteiger charge is 2.38. The van der Waals surface area contributed by atoms with Gasteiger partial charge in [-0.25, -0.2) is 0 Å². The lowest BCUT2D eigenvalue weighted by Crippen LogP contribution is -2.37. The van der Waals surface area contributed by atoms with Crippen molar-refractivity contribution in [1.29, 1.82) is 0 Å². The van der Waals surface area contributed by atoms with Gasteiger partial charge in [0.2, 0.25) is 5.91 Å². The van der Waals surface area contributed by atoms with Crippen LogP contribution in [-0.2, 0) is 4.79 Å². The highest BCUT2D eigenvalue weighted by molar-refractivity contribution is 5.78. The van der Waals surface area contributed by atoms with E-state index in [1.807, 2.05) is 11.0 Å². The van der Waals surface area contributed by atoms with Gasteiger partial charge >= 0.3 is 0 Å². The number of hydrogen-bond donors (Lipinski definition) is 1. The zero-order valence-corrected chi connectivity index (χ0v) is 10.6. The van der Waals surface area contributed by atoms with E-state index in [1.165, 1.54) is 18.4 Å². The molecule has 2 atom stereocenters. The topological polar surface area (TPSA) is 32.3 Å². The van der Waals surface area contributed by atoms with Gasteiger partial charge in [-0.1, -0.05) is 30.3 Å². The van der Waals surface area contributed by atoms with Gasteiger partial charge in [-0.15, -0.1) is 0 Å². The fraction of sp³-hybridized carbons (Fsp3) is 0.533. The summed E-state index contributed by atoms with van der Waals surface area (Å²) < 4.78 is 0. The Morgan fingerprint density at radius 3 is 2.67 bits per heavy atom. The van der Waals surface area contributed by atoms with E-state index in [4.69, 9.17) is 0 Å². The Morgan fingerprint density at radius 1 is 1.22 bits per heavy atom. The van der Waals surface area contributed by atoms with E-state index < -0.39 is 0 Å². The Balaban J connectivity index is 1.44. The normalized spacial score (nSPS) is 26.3. The first-order valence-electron chi connectivity index (χ1n) is 6.91. The SMILES string of the molecule is O=C(CNC1CC1c1ccccc1)N1CCCC1. The fourth-order valence-corrected chi connectivity index (χ4v) is 2.79. The lowest BCUT2D eigenvalue weighted by atomic mass is 10.1. The Labute approximate surface area is 108 Å². The van der Waals surface area contributed by atoms with Crippen molar-refractivity contribution >= 4 is 5.91 Å². The Morgan fingerprint density at radius 2 is 1.94 bits per heavy atom. The van der Waals surface area contributed by atoms with Crippen LogP contribution in [-0.4, -0.2) is 36.5 Å². The van der Waals surface area contributed by atoms with Crippen LogP contribution in [0.1, 0.15) is 30.7 Å². The number of amides is 1. The van der Waals surface area contributed by atoms with Crippen LogP contribution in [0.15, 0.2) is 30.3 Å². The summed E-state index contributed by atoms with van der Waals surface area (Å²) >= 11 is 0. The average Bonchev–Trinajstić information content (AvgIpc) is 2.98. The van der Waals surface area contributed by atoms with Crippen LogP contribution in [0.4, 0.5) is 0 Å². The van der Waals surface area contributed by atoms with E-state index in [0.29, 0.717) is 18.5 Å². The molecule has 1 N–H and O–H groups in total. The molecule has 0 aromatic heterocycles. The Bertz CT molecular complexity index is 412. The molecule has 1 aromatic carbocycles. The molecule has 3 nitrogen and oxygen atoms in total. The van der Waals surface area contributed by atoms with Gasteiger partial charge < -0.3 is 10.2 Å². The number of nitrogens with one attached hydrogen (secondary N) is 1. The van der Waals surface area contributed by atoms with Crippen LogP contribution >= 0.6 is 0 Å². The second kappa shape index (κ2) is 5.11. The fourth-order valence-electron chi connectivity index (χ4n) is 2.79. The number of carbonyl (C=O) groups is 1. The van der Waals surface area contributed by atoms with Crippen LogP contribution in [0.5, 0.6) is 0 Å². The number of hydrogen-bond acceptors (Lipinski definition) is 2. The highest BCUT2D eigenvalue weighted by Crippen LogP contribution is 2.40. The second-order valence-corrected chi connectivity index (χ2v) is 5.33. The molecule has 2 aliphatic rings. The Kier molecular flexibility index (Phi) is 3.33. The molecule has 2 fully saturated rings. The summed E-state index contributed by atoms with van der Waals surface area (Å²) in [5.74, 6) is 0.879. The molecule has 3 rings (SSSR count). The molecule has 0 bridgehead atoms. The molecule has 1 aromatic rings. The summed E-state index contributed by atoms with van der Waals surface area (Å²) in [5, 5.41) is 3.39. The number of likely N-dealkylation sites (tertiary alicyclic amines) is 1. The van der Waals surface area contributed by atoms with Crippen molar-refractivity contribution in [2.24, 2.45) is 0 Å². The smallest absolute Gasteiger partial charge is 0.236 e. The van der Waals surface area contributed by atoms with Crippen LogP contribution in [0.2, 0.25) is 0 Å². The van der Waals surface area contributed by atoms with E-state index >= 15 is 0 Å². The number of nitrogens with zero attached hydrogens (tertiary/aromatic N) is 1. The lowest BCUT2D eigenvalue weighted by Gasteiger charge is -2.15. The van der Waals surface area contributed by atoms with E-state index in [2.05, 4.69) is 29.6 Å². The van der Waals surface area contributed by atoms with Gasteiger partial charge in [-0.3, -0.25) is 4.79 Å². The standard InChI is InChI=1S/C15H20N2O/c18-15(17-8-4-5-9-17)11-16-14-10-13(14)12-6-2-1-3-7-12/h1-3,6-7,13-14,16H,4-5,8-11H2. The predicted molar refractivity (Wildman–Crippen MR) is 71.4 cm³/mol. The van der Waals surface area contributed by atoms with Crippen molar-refractivity contribution in [2.75, 3.05) is 19.6 Å². The minimum atomic E-state index is 0.270. The maximum absolute atomic E-state index is 11.9. The quantitative estimate of drug-likeness (QED) is 0.875. The molecule has 1 amide bonds. The molecule has 1 aliphatic heterocycles. The third-order valence-electron chi connectivity index (χ3n) is 3.99. The van der Waals surface area contributed by atoms with Gasteiger partial charge in [0.15, 0.2) is 0 Å². The minimum Gasteiger partial charge on any atom is -0.342 e. The first-order valence-corrected chi connectivity index (χ1v) is 6.91. The summed E-state index contributed by atoms with van der Waals surface area (Å²) in [4.78, 5) is 13.9. The summed E-state index contributed by atoms with van der Waals surface area (Å²) in [6, 6.07) is 11.1. The van der Waals surface area contributed by atoms with Crippen molar-refractivity contribution in [3.63, 3.8) is 0 Å². The summed E-state index contributed by atoms with van der Waals surface area (Å²) in [6.07, 6.45) is 3.50. The van der Waals surface area contributed by atoms with Crippen molar-refractivity contribution in [2.45, 2.75) is 31.2 Å². The average molecular weight is 244 g/mol. The zero-order valence-electron chi connectivity index (χ0n) is 10.6. The van der Waals surface area contributed by atoms with Gasteiger partial charge in [-0.2, -0.15) is 0 Å². The van der Waals surface area contributed by atoms with Crippen LogP contribution in [0, 0.1) is 0 Å². The van der Waals surface area contributed by atoms with Gasteiger partial charge in [0.1, 0.15) is 0 Å². The molecule has 1 aliphatic carbocycles. The molecule has 0 spiro atoms. The van der Waals surface area contributed by atoms with Crippen molar-refractivity contribution in [1.82, 2.24) is 10.2 Å². The molecule has 18 heavy (non-hydrogen) atoms. The molecular formula is C15H20N2O. The summed E-state index contributed by atoms with van der Waals surface area (Å²) in [6.45, 7) is 2.41. The Hall–Kier alpha value is -1.35. The lowest BCUT2D eigenvalue weighted by molar-refractivity contribution is -0.129. The maximum atomic E-state index is 11.9. The van der Waals surface area contributed by atoms with E-state index in [0.717, 1.165) is 19.5 Å². The van der Waals surface area contributed by atoms with E-state index in [9.17, 15) is 4.79 Å². The monoisotopic (exact) mass is 244 g/mol. The third-order valence-corrected chi connectivity index (χ3v) is 3.99. The molecule has 3 heteroatoms. The molecule has 1 saturated heterocycles. The van der Waals surface area contributed by atoms with Gasteiger partial charge in [0.05, 0.1) is 6.54 Å². The first-order chi connectivity index (χ1) is 8.84. The van der Waals surface area contributed by atoms with Crippen LogP contribution in [0.3, 0.4) is 0 Å². The molecule has 96 valence electrons. The van der Waals surface area contributed by atoms with Gasteiger partial charge in [0, 0.05) is 25.0 Å². The largest absolute Gasteiger partial charge is 0.342 e. The number of benzene rings is 1. The predicted octanol–water partition coefficient (Wildman–Crippen LogP) is 1.75. The first kappa shape index (κ1) is 11.7. The van der Waals surface area contributed by atoms with Crippen molar-refractivity contribution in [3.05, 3.63) is 35.9 Å². The van der Waals surface area contributed by atoms with Crippen LogP contribution < -0.4 is 5.32 Å². The van der Waals surface area contributed by atoms with E-state index in [-0.39, 0.29) is 5.91 Å². The molecule has 0 radical (unpaired) electrons. The van der Waals surface area contributed by atoms with Crippen molar-refractivity contribution in [3.8, 4) is 0 Å². The number of rotatable bonds is 4. The molecule has 2 unspecified atom stereocenters. The molecular weight excluding hydrogens is 224 g/mol. The van der Waals surface area contributed by atoms with Crippen LogP contribution in [0.25, 0.3) is 0 Å². The number of carbonyl (C=O) groups excluding carboxylic acids is 1.